The van der Waals surface area contributed by atoms with E-state index < -0.39 is 11.5 Å². The second-order valence-electron chi connectivity index (χ2n) is 4.61. The minimum atomic E-state index is -0.745. The largest absolute Gasteiger partial charge is 0.508 e. The van der Waals surface area contributed by atoms with Crippen molar-refractivity contribution in [3.63, 3.8) is 0 Å². The van der Waals surface area contributed by atoms with E-state index in [1.807, 2.05) is 18.2 Å². The van der Waals surface area contributed by atoms with E-state index in [2.05, 4.69) is 10.9 Å². The number of hydrazine groups is 1. The molecule has 0 atom stereocenters. The Bertz CT molecular complexity index is 888. The van der Waals surface area contributed by atoms with Crippen molar-refractivity contribution in [3.8, 4) is 5.75 Å². The van der Waals surface area contributed by atoms with Crippen LogP contribution >= 0.6 is 0 Å². The maximum absolute atomic E-state index is 12.1. The molecule has 1 aromatic heterocycles. The van der Waals surface area contributed by atoms with Crippen LogP contribution in [0.2, 0.25) is 0 Å². The number of aromatic hydroxyl groups is 1. The van der Waals surface area contributed by atoms with Crippen molar-refractivity contribution in [1.82, 2.24) is 5.43 Å². The molecule has 0 saturated heterocycles. The van der Waals surface area contributed by atoms with E-state index in [9.17, 15) is 14.7 Å². The van der Waals surface area contributed by atoms with Crippen LogP contribution < -0.4 is 16.5 Å². The maximum atomic E-state index is 12.1. The molecule has 110 valence electrons. The van der Waals surface area contributed by atoms with Crippen molar-refractivity contribution in [2.45, 2.75) is 0 Å². The second kappa shape index (κ2) is 5.61. The fourth-order valence-electron chi connectivity index (χ4n) is 1.99. The summed E-state index contributed by atoms with van der Waals surface area (Å²) in [6, 6.07) is 14.7. The van der Waals surface area contributed by atoms with Crippen LogP contribution in [0.25, 0.3) is 11.0 Å². The number of hydrogen-bond acceptors (Lipinski definition) is 5. The monoisotopic (exact) mass is 296 g/mol. The number of carbonyl (C=O) groups is 1. The SMILES string of the molecule is O=C(NNc1ccccc1)c1cc2cc(O)ccc2oc1=O. The Kier molecular flexibility index (Phi) is 3.49. The minimum Gasteiger partial charge on any atom is -0.508 e. The topological polar surface area (TPSA) is 91.6 Å². The molecule has 0 aliphatic rings. The van der Waals surface area contributed by atoms with Gasteiger partial charge in [-0.15, -0.1) is 0 Å². The van der Waals surface area contributed by atoms with Crippen LogP contribution in [0.15, 0.2) is 63.8 Å². The highest BCUT2D eigenvalue weighted by atomic mass is 16.4. The Morgan fingerprint density at radius 2 is 1.82 bits per heavy atom. The summed E-state index contributed by atoms with van der Waals surface area (Å²) >= 11 is 0. The number of benzene rings is 2. The highest BCUT2D eigenvalue weighted by Gasteiger charge is 2.13. The van der Waals surface area contributed by atoms with Crippen LogP contribution in [0.5, 0.6) is 5.75 Å². The first-order chi connectivity index (χ1) is 10.6. The molecule has 3 rings (SSSR count). The summed E-state index contributed by atoms with van der Waals surface area (Å²) in [4.78, 5) is 23.9. The zero-order chi connectivity index (χ0) is 15.5. The molecule has 3 aromatic rings. The van der Waals surface area contributed by atoms with Crippen molar-refractivity contribution in [2.75, 3.05) is 5.43 Å². The predicted octanol–water partition coefficient (Wildman–Crippen LogP) is 2.26. The van der Waals surface area contributed by atoms with Gasteiger partial charge in [-0.25, -0.2) is 4.79 Å². The quantitative estimate of drug-likeness (QED) is 0.509. The lowest BCUT2D eigenvalue weighted by Crippen LogP contribution is -2.32. The van der Waals surface area contributed by atoms with Crippen LogP contribution in [0, 0.1) is 0 Å². The zero-order valence-corrected chi connectivity index (χ0v) is 11.4. The van der Waals surface area contributed by atoms with Gasteiger partial charge in [0.2, 0.25) is 0 Å². The average Bonchev–Trinajstić information content (AvgIpc) is 2.53. The van der Waals surface area contributed by atoms with Gasteiger partial charge in [-0.2, -0.15) is 0 Å². The molecule has 3 N–H and O–H groups in total. The number of phenols is 1. The molecule has 0 radical (unpaired) electrons. The summed E-state index contributed by atoms with van der Waals surface area (Å²) in [6.07, 6.45) is 0. The predicted molar refractivity (Wildman–Crippen MR) is 81.7 cm³/mol. The van der Waals surface area contributed by atoms with Crippen molar-refractivity contribution in [3.05, 3.63) is 70.6 Å². The van der Waals surface area contributed by atoms with Gasteiger partial charge < -0.3 is 9.52 Å². The molecule has 0 aliphatic carbocycles. The summed E-state index contributed by atoms with van der Waals surface area (Å²) < 4.78 is 5.07. The Morgan fingerprint density at radius 1 is 1.05 bits per heavy atom. The van der Waals surface area contributed by atoms with Crippen LogP contribution in [0.1, 0.15) is 10.4 Å². The molecule has 0 bridgehead atoms. The van der Waals surface area contributed by atoms with Crippen molar-refractivity contribution in [1.29, 1.82) is 0 Å². The first kappa shape index (κ1) is 13.7. The van der Waals surface area contributed by atoms with Crippen molar-refractivity contribution >= 4 is 22.6 Å². The Morgan fingerprint density at radius 3 is 2.59 bits per heavy atom. The number of phenolic OH excluding ortho intramolecular Hbond substituents is 1. The van der Waals surface area contributed by atoms with Gasteiger partial charge in [0.25, 0.3) is 5.91 Å². The highest BCUT2D eigenvalue weighted by molar-refractivity contribution is 5.97. The van der Waals surface area contributed by atoms with Gasteiger partial charge >= 0.3 is 5.63 Å². The van der Waals surface area contributed by atoms with Crippen LogP contribution in [-0.4, -0.2) is 11.0 Å². The molecule has 22 heavy (non-hydrogen) atoms. The number of para-hydroxylation sites is 1. The van der Waals surface area contributed by atoms with Crippen molar-refractivity contribution < 1.29 is 14.3 Å². The number of amides is 1. The Hall–Kier alpha value is -3.28. The van der Waals surface area contributed by atoms with E-state index in [-0.39, 0.29) is 11.3 Å². The molecule has 1 amide bonds. The van der Waals surface area contributed by atoms with Crippen LogP contribution in [0.4, 0.5) is 5.69 Å². The van der Waals surface area contributed by atoms with Crippen LogP contribution in [0.3, 0.4) is 0 Å². The van der Waals surface area contributed by atoms with Gasteiger partial charge in [-0.3, -0.25) is 15.6 Å². The summed E-state index contributed by atoms with van der Waals surface area (Å²) in [7, 11) is 0. The number of anilines is 1. The third-order valence-corrected chi connectivity index (χ3v) is 3.05. The summed E-state index contributed by atoms with van der Waals surface area (Å²) in [5.74, 6) is -0.599. The van der Waals surface area contributed by atoms with Crippen molar-refractivity contribution in [2.24, 2.45) is 0 Å². The molecule has 6 nitrogen and oxygen atoms in total. The lowest BCUT2D eigenvalue weighted by atomic mass is 10.1. The van der Waals surface area contributed by atoms with Gasteiger partial charge in [0.1, 0.15) is 16.9 Å². The molecule has 0 saturated carbocycles. The molecule has 1 heterocycles. The summed E-state index contributed by atoms with van der Waals surface area (Å²) in [5.41, 5.74) is 5.21. The normalized spacial score (nSPS) is 10.4. The maximum Gasteiger partial charge on any atom is 0.349 e. The minimum absolute atomic E-state index is 0.0233. The molecule has 6 heteroatoms. The van der Waals surface area contributed by atoms with Gasteiger partial charge in [0.15, 0.2) is 0 Å². The molecule has 0 aliphatic heterocycles. The van der Waals surface area contributed by atoms with E-state index in [4.69, 9.17) is 4.42 Å². The van der Waals surface area contributed by atoms with Gasteiger partial charge in [0.05, 0.1) is 5.69 Å². The average molecular weight is 296 g/mol. The van der Waals surface area contributed by atoms with Crippen LogP contribution in [-0.2, 0) is 0 Å². The third kappa shape index (κ3) is 2.76. The fraction of sp³-hybridized carbons (Fsp3) is 0. The fourth-order valence-corrected chi connectivity index (χ4v) is 1.99. The van der Waals surface area contributed by atoms with Gasteiger partial charge in [-0.05, 0) is 36.4 Å². The first-order valence-electron chi connectivity index (χ1n) is 6.52. The zero-order valence-electron chi connectivity index (χ0n) is 11.4. The lowest BCUT2D eigenvalue weighted by molar-refractivity contribution is 0.0959. The molecule has 2 aromatic carbocycles. The first-order valence-corrected chi connectivity index (χ1v) is 6.52. The van der Waals surface area contributed by atoms with E-state index >= 15 is 0 Å². The van der Waals surface area contributed by atoms with Gasteiger partial charge in [0, 0.05) is 5.39 Å². The molecule has 0 unspecified atom stereocenters. The third-order valence-electron chi connectivity index (χ3n) is 3.05. The second-order valence-corrected chi connectivity index (χ2v) is 4.61. The van der Waals surface area contributed by atoms with E-state index in [0.29, 0.717) is 16.7 Å². The number of carbonyl (C=O) groups excluding carboxylic acids is 1. The van der Waals surface area contributed by atoms with E-state index in [1.165, 1.54) is 24.3 Å². The molecule has 0 spiro atoms. The number of hydrogen-bond donors (Lipinski definition) is 3. The van der Waals surface area contributed by atoms with Gasteiger partial charge in [-0.1, -0.05) is 18.2 Å². The number of nitrogens with one attached hydrogen (secondary N) is 2. The molecular weight excluding hydrogens is 284 g/mol. The van der Waals surface area contributed by atoms with E-state index in [1.54, 1.807) is 12.1 Å². The molecular formula is C16H12N2O4. The molecule has 0 fully saturated rings. The van der Waals surface area contributed by atoms with E-state index in [0.717, 1.165) is 0 Å². The number of rotatable bonds is 3. The lowest BCUT2D eigenvalue weighted by Gasteiger charge is -2.08. The summed E-state index contributed by atoms with van der Waals surface area (Å²) in [6.45, 7) is 0. The number of fused-ring (bicyclic) bond motifs is 1. The summed E-state index contributed by atoms with van der Waals surface area (Å²) in [5, 5.41) is 9.91. The Balaban J connectivity index is 1.87. The smallest absolute Gasteiger partial charge is 0.349 e. The standard InChI is InChI=1S/C16H12N2O4/c19-12-6-7-14-10(8-12)9-13(16(21)22-14)15(20)18-17-11-4-2-1-3-5-11/h1-9,17,19H,(H,18,20). The Labute approximate surface area is 125 Å². The highest BCUT2D eigenvalue weighted by Crippen LogP contribution is 2.19.